The van der Waals surface area contributed by atoms with Crippen LogP contribution in [0.15, 0.2) is 16.5 Å². The quantitative estimate of drug-likeness (QED) is 0.799. The number of amides is 2. The van der Waals surface area contributed by atoms with E-state index in [9.17, 15) is 19.5 Å². The van der Waals surface area contributed by atoms with Gasteiger partial charge in [-0.2, -0.15) is 0 Å². The summed E-state index contributed by atoms with van der Waals surface area (Å²) < 4.78 is 4.62. The van der Waals surface area contributed by atoms with Gasteiger partial charge in [0, 0.05) is 4.75 Å². The number of carboxylic acids is 1. The third kappa shape index (κ3) is 2.09. The Kier molecular flexibility index (Phi) is 3.24. The molecule has 22 heavy (non-hydrogen) atoms. The molecule has 0 saturated carbocycles. The van der Waals surface area contributed by atoms with Gasteiger partial charge in [0.25, 0.3) is 5.91 Å². The highest BCUT2D eigenvalue weighted by atomic mass is 32.2. The molecule has 2 fully saturated rings. The molecule has 2 saturated heterocycles. The van der Waals surface area contributed by atoms with E-state index in [1.165, 1.54) is 22.7 Å². The van der Waals surface area contributed by atoms with Crippen LogP contribution in [0.2, 0.25) is 0 Å². The van der Waals surface area contributed by atoms with Crippen LogP contribution in [0, 0.1) is 6.92 Å². The lowest BCUT2D eigenvalue weighted by atomic mass is 9.96. The second kappa shape index (κ2) is 4.77. The van der Waals surface area contributed by atoms with Gasteiger partial charge in [-0.25, -0.2) is 4.79 Å². The van der Waals surface area contributed by atoms with Crippen LogP contribution in [0.25, 0.3) is 0 Å². The van der Waals surface area contributed by atoms with Gasteiger partial charge >= 0.3 is 5.97 Å². The van der Waals surface area contributed by atoms with Crippen molar-refractivity contribution in [3.05, 3.63) is 23.7 Å². The zero-order chi connectivity index (χ0) is 16.2. The van der Waals surface area contributed by atoms with Crippen molar-refractivity contribution in [3.63, 3.8) is 0 Å². The molecule has 3 atom stereocenters. The van der Waals surface area contributed by atoms with Crippen LogP contribution in [0.4, 0.5) is 0 Å². The van der Waals surface area contributed by atoms with E-state index in [-0.39, 0.29) is 17.0 Å². The number of rotatable bonds is 3. The van der Waals surface area contributed by atoms with E-state index in [0.29, 0.717) is 5.76 Å². The predicted octanol–water partition coefficient (Wildman–Crippen LogP) is 0.833. The van der Waals surface area contributed by atoms with Crippen LogP contribution < -0.4 is 5.32 Å². The number of nitrogens with zero attached hydrogens (tertiary/aromatic N) is 1. The van der Waals surface area contributed by atoms with Gasteiger partial charge < -0.3 is 19.7 Å². The lowest BCUT2D eigenvalue weighted by molar-refractivity contribution is -0.159. The van der Waals surface area contributed by atoms with E-state index < -0.39 is 28.7 Å². The Morgan fingerprint density at radius 1 is 1.41 bits per heavy atom. The fraction of sp³-hybridized carbons (Fsp3) is 0.500. The van der Waals surface area contributed by atoms with Crippen molar-refractivity contribution in [2.24, 2.45) is 0 Å². The molecular formula is C14H16N2O5S. The van der Waals surface area contributed by atoms with Crippen molar-refractivity contribution in [2.45, 2.75) is 43.0 Å². The molecule has 1 aromatic rings. The van der Waals surface area contributed by atoms with E-state index in [1.807, 2.05) is 0 Å². The molecule has 2 aliphatic heterocycles. The first-order valence-electron chi connectivity index (χ1n) is 6.82. The zero-order valence-electron chi connectivity index (χ0n) is 12.3. The molecule has 3 rings (SSSR count). The number of carbonyl (C=O) groups is 3. The summed E-state index contributed by atoms with van der Waals surface area (Å²) in [4.78, 5) is 37.0. The second-order valence-electron chi connectivity index (χ2n) is 5.96. The van der Waals surface area contributed by atoms with Crippen molar-refractivity contribution in [1.29, 1.82) is 0 Å². The van der Waals surface area contributed by atoms with Crippen LogP contribution in [0.1, 0.15) is 30.2 Å². The van der Waals surface area contributed by atoms with Crippen molar-refractivity contribution in [3.8, 4) is 0 Å². The number of thioether (sulfide) groups is 1. The second-order valence-corrected chi connectivity index (χ2v) is 7.73. The molecule has 118 valence electrons. The Morgan fingerprint density at radius 2 is 2.09 bits per heavy atom. The maximum atomic E-state index is 12.2. The largest absolute Gasteiger partial charge is 0.480 e. The first-order chi connectivity index (χ1) is 10.2. The number of carboxylic acid groups (broad SMARTS) is 1. The topological polar surface area (TPSA) is 99.9 Å². The number of hydrogen-bond donors (Lipinski definition) is 2. The Bertz CT molecular complexity index is 668. The molecule has 2 aliphatic rings. The molecule has 2 amide bonds. The van der Waals surface area contributed by atoms with E-state index in [1.54, 1.807) is 26.8 Å². The first kappa shape index (κ1) is 15.0. The lowest BCUT2D eigenvalue weighted by Gasteiger charge is -2.43. The highest BCUT2D eigenvalue weighted by molar-refractivity contribution is 8.01. The molecule has 0 bridgehead atoms. The van der Waals surface area contributed by atoms with Gasteiger partial charge in [-0.3, -0.25) is 9.59 Å². The molecule has 2 N–H and O–H groups in total. The zero-order valence-corrected chi connectivity index (χ0v) is 13.1. The molecule has 0 radical (unpaired) electrons. The summed E-state index contributed by atoms with van der Waals surface area (Å²) in [6.45, 7) is 5.30. The number of aryl methyl sites for hydroxylation is 1. The Morgan fingerprint density at radius 3 is 2.64 bits per heavy atom. The average Bonchev–Trinajstić information content (AvgIpc) is 2.95. The molecule has 0 spiro atoms. The van der Waals surface area contributed by atoms with Gasteiger partial charge in [-0.1, -0.05) is 0 Å². The van der Waals surface area contributed by atoms with Gasteiger partial charge in [0.1, 0.15) is 23.2 Å². The van der Waals surface area contributed by atoms with Crippen LogP contribution in [0.3, 0.4) is 0 Å². The normalized spacial score (nSPS) is 29.0. The first-order valence-corrected chi connectivity index (χ1v) is 7.70. The number of aliphatic carboxylic acids is 1. The van der Waals surface area contributed by atoms with Crippen LogP contribution in [-0.4, -0.2) is 50.0 Å². The Balaban J connectivity index is 1.75. The highest BCUT2D eigenvalue weighted by Gasteiger charge is 2.64. The lowest BCUT2D eigenvalue weighted by Crippen LogP contribution is -2.70. The minimum absolute atomic E-state index is 0.140. The molecule has 0 aromatic carbocycles. The summed E-state index contributed by atoms with van der Waals surface area (Å²) in [5.74, 6) is -1.12. The van der Waals surface area contributed by atoms with Gasteiger partial charge in [0.15, 0.2) is 5.76 Å². The van der Waals surface area contributed by atoms with Gasteiger partial charge in [0.05, 0.1) is 0 Å². The Labute approximate surface area is 131 Å². The minimum atomic E-state index is -1.03. The van der Waals surface area contributed by atoms with E-state index in [4.69, 9.17) is 4.42 Å². The number of carbonyl (C=O) groups excluding carboxylic acids is 2. The maximum absolute atomic E-state index is 12.2. The Hall–Kier alpha value is -1.96. The molecule has 7 nitrogen and oxygen atoms in total. The maximum Gasteiger partial charge on any atom is 0.327 e. The minimum Gasteiger partial charge on any atom is -0.480 e. The molecular weight excluding hydrogens is 308 g/mol. The van der Waals surface area contributed by atoms with Crippen LogP contribution in [-0.2, 0) is 9.59 Å². The summed E-state index contributed by atoms with van der Waals surface area (Å²) in [6, 6.07) is 1.61. The van der Waals surface area contributed by atoms with Crippen molar-refractivity contribution in [1.82, 2.24) is 10.2 Å². The third-order valence-corrected chi connectivity index (χ3v) is 5.50. The summed E-state index contributed by atoms with van der Waals surface area (Å²) >= 11 is 1.39. The number of furan rings is 1. The molecule has 8 heteroatoms. The van der Waals surface area contributed by atoms with Crippen molar-refractivity contribution >= 4 is 29.5 Å². The van der Waals surface area contributed by atoms with Crippen molar-refractivity contribution in [2.75, 3.05) is 0 Å². The van der Waals surface area contributed by atoms with Gasteiger partial charge in [-0.05, 0) is 32.9 Å². The van der Waals surface area contributed by atoms with E-state index in [2.05, 4.69) is 5.32 Å². The standard InChI is InChI=1S/C14H16N2O5S/c1-6-4-5-7(21-6)10(17)15-8-11(18)16-9(13(19)20)14(2,3)22-12(8)16/h4-5,8-9,12H,1-3H3,(H,15,17)(H,19,20)/t8-,9+,12-/m1/s1. The SMILES string of the molecule is Cc1ccc(C(=O)N[C@@H]2C(=O)N3[C@@H]2SC(C)(C)[C@@H]3C(=O)O)o1. The van der Waals surface area contributed by atoms with E-state index in [0.717, 1.165) is 0 Å². The van der Waals surface area contributed by atoms with Gasteiger partial charge in [0.2, 0.25) is 5.91 Å². The highest BCUT2D eigenvalue weighted by Crippen LogP contribution is 2.50. The summed E-state index contributed by atoms with van der Waals surface area (Å²) in [5, 5.41) is 11.6. The molecule has 0 aliphatic carbocycles. The predicted molar refractivity (Wildman–Crippen MR) is 78.4 cm³/mol. The fourth-order valence-electron chi connectivity index (χ4n) is 2.91. The fourth-order valence-corrected chi connectivity index (χ4v) is 4.54. The molecule has 3 heterocycles. The summed E-state index contributed by atoms with van der Waals surface area (Å²) in [6.07, 6.45) is 0. The average molecular weight is 324 g/mol. The number of β-lactam (4-membered cyclic amide) rings is 1. The van der Waals surface area contributed by atoms with Crippen LogP contribution >= 0.6 is 11.8 Å². The smallest absolute Gasteiger partial charge is 0.327 e. The van der Waals surface area contributed by atoms with Gasteiger partial charge in [-0.15, -0.1) is 11.8 Å². The molecule has 0 unspecified atom stereocenters. The third-order valence-electron chi connectivity index (χ3n) is 3.93. The number of fused-ring (bicyclic) bond motifs is 1. The number of hydrogen-bond acceptors (Lipinski definition) is 5. The summed E-state index contributed by atoms with van der Waals surface area (Å²) in [7, 11) is 0. The monoisotopic (exact) mass is 324 g/mol. The summed E-state index contributed by atoms with van der Waals surface area (Å²) in [5.41, 5.74) is 0. The van der Waals surface area contributed by atoms with Crippen LogP contribution in [0.5, 0.6) is 0 Å². The molecule has 1 aromatic heterocycles. The number of nitrogens with one attached hydrogen (secondary N) is 1. The van der Waals surface area contributed by atoms with E-state index >= 15 is 0 Å². The van der Waals surface area contributed by atoms with Crippen molar-refractivity contribution < 1.29 is 23.9 Å².